The van der Waals surface area contributed by atoms with Gasteiger partial charge in [0.15, 0.2) is 0 Å². The number of nitriles is 1. The molecule has 0 radical (unpaired) electrons. The Morgan fingerprint density at radius 1 is 1.41 bits per heavy atom. The maximum Gasteiger partial charge on any atom is 0.242 e. The lowest BCUT2D eigenvalue weighted by atomic mass is 9.97. The van der Waals surface area contributed by atoms with Crippen molar-refractivity contribution >= 4 is 21.6 Å². The van der Waals surface area contributed by atoms with Crippen molar-refractivity contribution in [3.63, 3.8) is 0 Å². The maximum absolute atomic E-state index is 12.4. The van der Waals surface area contributed by atoms with E-state index in [0.29, 0.717) is 19.0 Å². The van der Waals surface area contributed by atoms with Gasteiger partial charge in [0.1, 0.15) is 4.90 Å². The Morgan fingerprint density at radius 3 is 2.73 bits per heavy atom. The molecule has 22 heavy (non-hydrogen) atoms. The van der Waals surface area contributed by atoms with Crippen molar-refractivity contribution in [3.05, 3.63) is 28.8 Å². The number of rotatable bonds is 5. The summed E-state index contributed by atoms with van der Waals surface area (Å²) in [5, 5.41) is 8.95. The molecule has 1 saturated heterocycles. The summed E-state index contributed by atoms with van der Waals surface area (Å²) in [7, 11) is -3.58. The van der Waals surface area contributed by atoms with Gasteiger partial charge in [-0.05, 0) is 50.4 Å². The fourth-order valence-electron chi connectivity index (χ4n) is 2.58. The number of likely N-dealkylation sites (tertiary alicyclic amines) is 1. The van der Waals surface area contributed by atoms with E-state index in [-0.39, 0.29) is 9.92 Å². The first kappa shape index (κ1) is 17.2. The van der Waals surface area contributed by atoms with Crippen LogP contribution < -0.4 is 4.72 Å². The number of halogens is 1. The minimum atomic E-state index is -3.58. The molecular weight excluding hydrogens is 322 g/mol. The van der Waals surface area contributed by atoms with Gasteiger partial charge in [0, 0.05) is 6.54 Å². The molecule has 1 aliphatic rings. The summed E-state index contributed by atoms with van der Waals surface area (Å²) >= 11 is 6.10. The molecule has 2 rings (SSSR count). The van der Waals surface area contributed by atoms with Gasteiger partial charge >= 0.3 is 0 Å². The molecule has 1 aromatic rings. The van der Waals surface area contributed by atoms with E-state index in [1.807, 2.05) is 0 Å². The molecule has 1 aliphatic heterocycles. The molecule has 120 valence electrons. The summed E-state index contributed by atoms with van der Waals surface area (Å²) in [5.74, 6) is 0.299. The van der Waals surface area contributed by atoms with E-state index >= 15 is 0 Å². The third kappa shape index (κ3) is 4.20. The molecule has 0 saturated carbocycles. The highest BCUT2D eigenvalue weighted by atomic mass is 35.5. The van der Waals surface area contributed by atoms with Crippen LogP contribution in [0.5, 0.6) is 0 Å². The number of sulfonamides is 1. The Morgan fingerprint density at radius 2 is 2.09 bits per heavy atom. The summed E-state index contributed by atoms with van der Waals surface area (Å²) in [6, 6.07) is 7.14. The minimum Gasteiger partial charge on any atom is -0.291 e. The van der Waals surface area contributed by atoms with Crippen molar-refractivity contribution in [1.29, 1.82) is 5.26 Å². The lowest BCUT2D eigenvalue weighted by molar-refractivity contribution is 0.204. The summed E-state index contributed by atoms with van der Waals surface area (Å²) in [4.78, 5) is 2.22. The van der Waals surface area contributed by atoms with Crippen LogP contribution in [0.3, 0.4) is 0 Å². The predicted octanol–water partition coefficient (Wildman–Crippen LogP) is 2.16. The molecular formula is C15H20ClN3O2S. The van der Waals surface area contributed by atoms with E-state index < -0.39 is 10.0 Å². The first-order valence-corrected chi connectivity index (χ1v) is 9.14. The van der Waals surface area contributed by atoms with Crippen LogP contribution in [0.1, 0.15) is 18.4 Å². The SMILES string of the molecule is Cc1cccc(S(=O)(=O)NCC2CCN(CC#N)CC2)c1Cl. The molecule has 1 fully saturated rings. The Bertz CT molecular complexity index is 662. The number of hydrogen-bond donors (Lipinski definition) is 1. The number of benzene rings is 1. The Kier molecular flexibility index (Phi) is 5.81. The molecule has 0 atom stereocenters. The van der Waals surface area contributed by atoms with E-state index in [9.17, 15) is 8.42 Å². The molecule has 1 heterocycles. The Labute approximate surface area is 136 Å². The second-order valence-electron chi connectivity index (χ2n) is 5.62. The van der Waals surface area contributed by atoms with Crippen molar-refractivity contribution in [2.24, 2.45) is 5.92 Å². The summed E-state index contributed by atoms with van der Waals surface area (Å²) in [6.07, 6.45) is 1.79. The van der Waals surface area contributed by atoms with Crippen molar-refractivity contribution in [2.45, 2.75) is 24.7 Å². The zero-order chi connectivity index (χ0) is 16.2. The van der Waals surface area contributed by atoms with E-state index in [0.717, 1.165) is 31.5 Å². The van der Waals surface area contributed by atoms with Gasteiger partial charge in [-0.25, -0.2) is 13.1 Å². The van der Waals surface area contributed by atoms with Crippen LogP contribution >= 0.6 is 11.6 Å². The molecule has 0 amide bonds. The lowest BCUT2D eigenvalue weighted by Gasteiger charge is -2.30. The van der Waals surface area contributed by atoms with Gasteiger partial charge in [-0.3, -0.25) is 4.90 Å². The van der Waals surface area contributed by atoms with Gasteiger partial charge in [0.2, 0.25) is 10.0 Å². The predicted molar refractivity (Wildman–Crippen MR) is 86.2 cm³/mol. The van der Waals surface area contributed by atoms with Gasteiger partial charge in [-0.2, -0.15) is 5.26 Å². The highest BCUT2D eigenvalue weighted by molar-refractivity contribution is 7.89. The van der Waals surface area contributed by atoms with Gasteiger partial charge in [0.05, 0.1) is 17.6 Å². The molecule has 1 N–H and O–H groups in total. The number of aryl methyl sites for hydroxylation is 1. The van der Waals surface area contributed by atoms with E-state index in [1.165, 1.54) is 6.07 Å². The molecule has 0 aromatic heterocycles. The standard InChI is InChI=1S/C15H20ClN3O2S/c1-12-3-2-4-14(15(12)16)22(20,21)18-11-13-5-8-19(9-6-13)10-7-17/h2-4,13,18H,5-6,8-11H2,1H3. The first-order valence-electron chi connectivity index (χ1n) is 7.28. The summed E-state index contributed by atoms with van der Waals surface area (Å²) in [6.45, 7) is 4.31. The molecule has 7 heteroatoms. The summed E-state index contributed by atoms with van der Waals surface area (Å²) in [5.41, 5.74) is 0.745. The van der Waals surface area contributed by atoms with Crippen LogP contribution in [0.15, 0.2) is 23.1 Å². The van der Waals surface area contributed by atoms with Crippen LogP contribution in [0.2, 0.25) is 5.02 Å². The zero-order valence-corrected chi connectivity index (χ0v) is 14.1. The first-order chi connectivity index (χ1) is 10.4. The van der Waals surface area contributed by atoms with Crippen molar-refractivity contribution in [3.8, 4) is 6.07 Å². The van der Waals surface area contributed by atoms with Crippen molar-refractivity contribution < 1.29 is 8.42 Å². The molecule has 0 unspecified atom stereocenters. The second kappa shape index (κ2) is 7.42. The quantitative estimate of drug-likeness (QED) is 0.833. The Balaban J connectivity index is 1.94. The van der Waals surface area contributed by atoms with Crippen LogP contribution in [0, 0.1) is 24.2 Å². The highest BCUT2D eigenvalue weighted by Crippen LogP contribution is 2.25. The lowest BCUT2D eigenvalue weighted by Crippen LogP contribution is -2.38. The maximum atomic E-state index is 12.4. The minimum absolute atomic E-state index is 0.135. The summed E-state index contributed by atoms with van der Waals surface area (Å²) < 4.78 is 27.4. The van der Waals surface area contributed by atoms with Crippen LogP contribution in [0.4, 0.5) is 0 Å². The molecule has 0 aliphatic carbocycles. The van der Waals surface area contributed by atoms with E-state index in [2.05, 4.69) is 15.7 Å². The number of hydrogen-bond acceptors (Lipinski definition) is 4. The molecule has 5 nitrogen and oxygen atoms in total. The average Bonchev–Trinajstić information content (AvgIpc) is 2.49. The average molecular weight is 342 g/mol. The number of nitrogens with one attached hydrogen (secondary N) is 1. The number of piperidine rings is 1. The fourth-order valence-corrected chi connectivity index (χ4v) is 4.28. The van der Waals surface area contributed by atoms with Gasteiger partial charge in [-0.15, -0.1) is 0 Å². The van der Waals surface area contributed by atoms with Gasteiger partial charge in [-0.1, -0.05) is 23.7 Å². The fraction of sp³-hybridized carbons (Fsp3) is 0.533. The normalized spacial score (nSPS) is 17.3. The topological polar surface area (TPSA) is 73.2 Å². The van der Waals surface area contributed by atoms with Gasteiger partial charge < -0.3 is 0 Å². The third-order valence-corrected chi connectivity index (χ3v) is 6.09. The largest absolute Gasteiger partial charge is 0.291 e. The third-order valence-electron chi connectivity index (χ3n) is 4.01. The Hall–Kier alpha value is -1.13. The van der Waals surface area contributed by atoms with E-state index in [1.54, 1.807) is 19.1 Å². The smallest absolute Gasteiger partial charge is 0.242 e. The molecule has 0 bridgehead atoms. The van der Waals surface area contributed by atoms with Crippen molar-refractivity contribution in [2.75, 3.05) is 26.2 Å². The van der Waals surface area contributed by atoms with Crippen LogP contribution in [0.25, 0.3) is 0 Å². The zero-order valence-electron chi connectivity index (χ0n) is 12.5. The van der Waals surface area contributed by atoms with Crippen molar-refractivity contribution in [1.82, 2.24) is 9.62 Å². The molecule has 0 spiro atoms. The van der Waals surface area contributed by atoms with E-state index in [4.69, 9.17) is 16.9 Å². The second-order valence-corrected chi connectivity index (χ2v) is 7.73. The van der Waals surface area contributed by atoms with Crippen LogP contribution in [-0.4, -0.2) is 39.5 Å². The van der Waals surface area contributed by atoms with Gasteiger partial charge in [0.25, 0.3) is 0 Å². The van der Waals surface area contributed by atoms with Crippen LogP contribution in [-0.2, 0) is 10.0 Å². The number of nitrogens with zero attached hydrogens (tertiary/aromatic N) is 2. The monoisotopic (exact) mass is 341 g/mol. The molecule has 1 aromatic carbocycles. The highest BCUT2D eigenvalue weighted by Gasteiger charge is 2.23.